The van der Waals surface area contributed by atoms with E-state index in [-0.39, 0.29) is 0 Å². The molecule has 0 amide bonds. The largest absolute Gasteiger partial charge is 0.366 e. The molecular weight excluding hydrogens is 263 g/mol. The number of anilines is 1. The quantitative estimate of drug-likeness (QED) is 0.905. The molecule has 0 bridgehead atoms. The van der Waals surface area contributed by atoms with Gasteiger partial charge in [-0.2, -0.15) is 0 Å². The predicted octanol–water partition coefficient (Wildman–Crippen LogP) is 3.95. The molecule has 14 heavy (non-hydrogen) atoms. The molecule has 1 atom stereocenters. The molecule has 0 aliphatic carbocycles. The first kappa shape index (κ1) is 11.8. The highest BCUT2D eigenvalue weighted by Crippen LogP contribution is 2.24. The Morgan fingerprint density at radius 3 is 2.57 bits per heavy atom. The molecule has 0 fully saturated rings. The van der Waals surface area contributed by atoms with Crippen LogP contribution in [0.5, 0.6) is 0 Å². The zero-order valence-corrected chi connectivity index (χ0v) is 10.9. The normalized spacial score (nSPS) is 13.0. The Hall–Kier alpha value is -0.280. The maximum atomic E-state index is 6.02. The molecule has 0 saturated heterocycles. The summed E-state index contributed by atoms with van der Waals surface area (Å²) in [5.41, 5.74) is 0. The molecule has 0 saturated carbocycles. The van der Waals surface area contributed by atoms with Crippen LogP contribution in [0.1, 0.15) is 20.8 Å². The lowest BCUT2D eigenvalue weighted by atomic mass is 10.1. The molecule has 0 aliphatic heterocycles. The van der Waals surface area contributed by atoms with Crippen molar-refractivity contribution in [3.8, 4) is 0 Å². The van der Waals surface area contributed by atoms with Gasteiger partial charge in [0.1, 0.15) is 5.82 Å². The van der Waals surface area contributed by atoms with Crippen molar-refractivity contribution in [1.82, 2.24) is 4.98 Å². The zero-order valence-electron chi connectivity index (χ0n) is 8.51. The number of aromatic nitrogens is 1. The average Bonchev–Trinajstić information content (AvgIpc) is 2.09. The van der Waals surface area contributed by atoms with E-state index in [1.165, 1.54) is 0 Å². The molecule has 2 nitrogen and oxygen atoms in total. The molecule has 0 radical (unpaired) electrons. The van der Waals surface area contributed by atoms with Crippen LogP contribution < -0.4 is 5.32 Å². The third kappa shape index (κ3) is 3.14. The van der Waals surface area contributed by atoms with E-state index >= 15 is 0 Å². The van der Waals surface area contributed by atoms with Crippen LogP contribution in [0.25, 0.3) is 0 Å². The molecule has 1 rings (SSSR count). The van der Waals surface area contributed by atoms with Crippen molar-refractivity contribution in [2.24, 2.45) is 5.92 Å². The molecular formula is C10H14BrClN2. The summed E-state index contributed by atoms with van der Waals surface area (Å²) in [6.07, 6.45) is 1.74. The second-order valence-corrected chi connectivity index (χ2v) is 4.98. The number of hydrogen-bond acceptors (Lipinski definition) is 2. The van der Waals surface area contributed by atoms with Gasteiger partial charge in [0.2, 0.25) is 0 Å². The molecule has 1 N–H and O–H groups in total. The van der Waals surface area contributed by atoms with Gasteiger partial charge in [-0.25, -0.2) is 4.98 Å². The maximum absolute atomic E-state index is 6.02. The van der Waals surface area contributed by atoms with E-state index < -0.39 is 0 Å². The summed E-state index contributed by atoms with van der Waals surface area (Å²) in [7, 11) is 0. The predicted molar refractivity (Wildman–Crippen MR) is 64.9 cm³/mol. The fourth-order valence-electron chi connectivity index (χ4n) is 0.903. The molecule has 1 unspecified atom stereocenters. The van der Waals surface area contributed by atoms with E-state index in [1.807, 2.05) is 6.07 Å². The van der Waals surface area contributed by atoms with Crippen molar-refractivity contribution in [2.45, 2.75) is 26.8 Å². The van der Waals surface area contributed by atoms with Crippen LogP contribution in [0.4, 0.5) is 5.82 Å². The van der Waals surface area contributed by atoms with Crippen LogP contribution >= 0.6 is 27.5 Å². The van der Waals surface area contributed by atoms with Gasteiger partial charge in [-0.15, -0.1) is 0 Å². The minimum absolute atomic E-state index is 0.362. The SMILES string of the molecule is CC(C)C(C)Nc1ncc(Br)cc1Cl. The van der Waals surface area contributed by atoms with E-state index in [1.54, 1.807) is 6.20 Å². The molecule has 78 valence electrons. The van der Waals surface area contributed by atoms with Gasteiger partial charge in [-0.1, -0.05) is 25.4 Å². The number of pyridine rings is 1. The van der Waals surface area contributed by atoms with Crippen molar-refractivity contribution in [2.75, 3.05) is 5.32 Å². The Balaban J connectivity index is 2.77. The number of rotatable bonds is 3. The summed E-state index contributed by atoms with van der Waals surface area (Å²) in [5.74, 6) is 1.30. The topological polar surface area (TPSA) is 24.9 Å². The van der Waals surface area contributed by atoms with Crippen molar-refractivity contribution in [3.05, 3.63) is 21.8 Å². The van der Waals surface area contributed by atoms with E-state index in [9.17, 15) is 0 Å². The van der Waals surface area contributed by atoms with Gasteiger partial charge in [0.25, 0.3) is 0 Å². The lowest BCUT2D eigenvalue weighted by Crippen LogP contribution is -2.22. The zero-order chi connectivity index (χ0) is 10.7. The first-order chi connectivity index (χ1) is 6.50. The Labute approximate surface area is 98.2 Å². The third-order valence-electron chi connectivity index (χ3n) is 2.17. The van der Waals surface area contributed by atoms with Gasteiger partial charge >= 0.3 is 0 Å². The standard InChI is InChI=1S/C10H14BrClN2/c1-6(2)7(3)14-10-9(12)4-8(11)5-13-10/h4-7H,1-3H3,(H,13,14). The van der Waals surface area contributed by atoms with Gasteiger partial charge in [0, 0.05) is 16.7 Å². The second-order valence-electron chi connectivity index (χ2n) is 3.66. The minimum Gasteiger partial charge on any atom is -0.366 e. The van der Waals surface area contributed by atoms with Crippen LogP contribution in [-0.4, -0.2) is 11.0 Å². The number of hydrogen-bond donors (Lipinski definition) is 1. The molecule has 0 spiro atoms. The average molecular weight is 278 g/mol. The van der Waals surface area contributed by atoms with E-state index in [0.29, 0.717) is 17.0 Å². The van der Waals surface area contributed by atoms with Crippen LogP contribution in [0.15, 0.2) is 16.7 Å². The van der Waals surface area contributed by atoms with E-state index in [2.05, 4.69) is 47.0 Å². The summed E-state index contributed by atoms with van der Waals surface area (Å²) >= 11 is 9.34. The first-order valence-electron chi connectivity index (χ1n) is 4.58. The fourth-order valence-corrected chi connectivity index (χ4v) is 1.59. The number of nitrogens with one attached hydrogen (secondary N) is 1. The van der Waals surface area contributed by atoms with E-state index in [4.69, 9.17) is 11.6 Å². The summed E-state index contributed by atoms with van der Waals surface area (Å²) in [6, 6.07) is 2.20. The molecule has 4 heteroatoms. The van der Waals surface area contributed by atoms with Crippen LogP contribution in [0.3, 0.4) is 0 Å². The third-order valence-corrected chi connectivity index (χ3v) is 2.89. The molecule has 1 aromatic heterocycles. The van der Waals surface area contributed by atoms with Crippen LogP contribution in [-0.2, 0) is 0 Å². The monoisotopic (exact) mass is 276 g/mol. The molecule has 0 aromatic carbocycles. The highest BCUT2D eigenvalue weighted by atomic mass is 79.9. The molecule has 0 aliphatic rings. The summed E-state index contributed by atoms with van der Waals surface area (Å²) in [4.78, 5) is 4.21. The molecule has 1 aromatic rings. The second kappa shape index (κ2) is 4.99. The Kier molecular flexibility index (Phi) is 4.20. The Morgan fingerprint density at radius 1 is 1.43 bits per heavy atom. The van der Waals surface area contributed by atoms with Crippen molar-refractivity contribution >= 4 is 33.3 Å². The van der Waals surface area contributed by atoms with Crippen molar-refractivity contribution < 1.29 is 0 Å². The van der Waals surface area contributed by atoms with Crippen LogP contribution in [0.2, 0.25) is 5.02 Å². The van der Waals surface area contributed by atoms with Gasteiger partial charge in [0.15, 0.2) is 0 Å². The number of nitrogens with zero attached hydrogens (tertiary/aromatic N) is 1. The smallest absolute Gasteiger partial charge is 0.145 e. The maximum Gasteiger partial charge on any atom is 0.145 e. The van der Waals surface area contributed by atoms with Crippen molar-refractivity contribution in [1.29, 1.82) is 0 Å². The summed E-state index contributed by atoms with van der Waals surface area (Å²) in [6.45, 7) is 6.43. The summed E-state index contributed by atoms with van der Waals surface area (Å²) < 4.78 is 0.894. The first-order valence-corrected chi connectivity index (χ1v) is 5.75. The summed E-state index contributed by atoms with van der Waals surface area (Å²) in [5, 5.41) is 3.92. The molecule has 1 heterocycles. The van der Waals surface area contributed by atoms with Gasteiger partial charge in [-0.3, -0.25) is 0 Å². The highest BCUT2D eigenvalue weighted by molar-refractivity contribution is 9.10. The Bertz CT molecular complexity index is 315. The van der Waals surface area contributed by atoms with Gasteiger partial charge in [-0.05, 0) is 34.8 Å². The number of halogens is 2. The van der Waals surface area contributed by atoms with Crippen molar-refractivity contribution in [3.63, 3.8) is 0 Å². The van der Waals surface area contributed by atoms with E-state index in [0.717, 1.165) is 10.3 Å². The highest BCUT2D eigenvalue weighted by Gasteiger charge is 2.09. The van der Waals surface area contributed by atoms with Gasteiger partial charge < -0.3 is 5.32 Å². The van der Waals surface area contributed by atoms with Crippen LogP contribution in [0, 0.1) is 5.92 Å². The Morgan fingerprint density at radius 2 is 2.07 bits per heavy atom. The lowest BCUT2D eigenvalue weighted by Gasteiger charge is -2.18. The minimum atomic E-state index is 0.362. The lowest BCUT2D eigenvalue weighted by molar-refractivity contribution is 0.558. The van der Waals surface area contributed by atoms with Gasteiger partial charge in [0.05, 0.1) is 5.02 Å². The fraction of sp³-hybridized carbons (Fsp3) is 0.500.